The summed E-state index contributed by atoms with van der Waals surface area (Å²) < 4.78 is 10.2. The second-order valence-corrected chi connectivity index (χ2v) is 7.34. The van der Waals surface area contributed by atoms with Crippen LogP contribution in [0, 0.1) is 11.8 Å². The summed E-state index contributed by atoms with van der Waals surface area (Å²) in [6.07, 6.45) is 0. The molecule has 0 fully saturated rings. The van der Waals surface area contributed by atoms with E-state index in [2.05, 4.69) is 10.2 Å². The van der Waals surface area contributed by atoms with Crippen molar-refractivity contribution < 1.29 is 28.7 Å². The predicted octanol–water partition coefficient (Wildman–Crippen LogP) is 2.15. The first-order chi connectivity index (χ1) is 16.5. The largest absolute Gasteiger partial charge is 0.461 e. The van der Waals surface area contributed by atoms with Crippen molar-refractivity contribution in [1.29, 1.82) is 0 Å². The van der Waals surface area contributed by atoms with E-state index in [9.17, 15) is 19.2 Å². The van der Waals surface area contributed by atoms with Gasteiger partial charge in [0.15, 0.2) is 11.4 Å². The Bertz CT molecular complexity index is 1080. The molecule has 0 saturated carbocycles. The van der Waals surface area contributed by atoms with Crippen LogP contribution >= 0.6 is 0 Å². The molecule has 2 aromatic carbocycles. The van der Waals surface area contributed by atoms with Crippen LogP contribution in [0.5, 0.6) is 0 Å². The fraction of sp³-hybridized carbons (Fsp3) is 0.250. The highest BCUT2D eigenvalue weighted by atomic mass is 16.5. The molecule has 10 nitrogen and oxygen atoms in total. The number of anilines is 2. The summed E-state index contributed by atoms with van der Waals surface area (Å²) >= 11 is 0. The number of hydrogen-bond acceptors (Lipinski definition) is 8. The molecule has 0 aliphatic carbocycles. The molecule has 0 saturated heterocycles. The molecular formula is C24H22N4O6. The van der Waals surface area contributed by atoms with E-state index in [1.54, 1.807) is 74.5 Å². The molecule has 0 unspecified atom stereocenters. The summed E-state index contributed by atoms with van der Waals surface area (Å²) in [5.74, 6) is -5.84. The maximum Gasteiger partial charge on any atom is 0.355 e. The van der Waals surface area contributed by atoms with Crippen molar-refractivity contribution in [3.8, 4) is 0 Å². The molecule has 174 valence electrons. The number of amides is 2. The lowest BCUT2D eigenvalue weighted by Crippen LogP contribution is -2.45. The molecule has 4 rings (SSSR count). The quantitative estimate of drug-likeness (QED) is 0.582. The Balaban J connectivity index is 1.80. The summed E-state index contributed by atoms with van der Waals surface area (Å²) in [5.41, 5.74) is 0.246. The Kier molecular flexibility index (Phi) is 6.48. The van der Waals surface area contributed by atoms with Gasteiger partial charge in [-0.05, 0) is 38.1 Å². The normalized spacial score (nSPS) is 19.7. The number of carbonyl (C=O) groups is 4. The van der Waals surface area contributed by atoms with Crippen LogP contribution in [0.25, 0.3) is 0 Å². The molecule has 10 heteroatoms. The van der Waals surface area contributed by atoms with E-state index in [0.29, 0.717) is 11.4 Å². The molecular weight excluding hydrogens is 440 g/mol. The second-order valence-electron chi connectivity index (χ2n) is 7.34. The summed E-state index contributed by atoms with van der Waals surface area (Å²) in [4.78, 5) is 52.7. The smallest absolute Gasteiger partial charge is 0.355 e. The van der Waals surface area contributed by atoms with Gasteiger partial charge in [-0.2, -0.15) is 20.2 Å². The van der Waals surface area contributed by atoms with Crippen LogP contribution in [0.2, 0.25) is 0 Å². The number of esters is 2. The first-order valence-electron chi connectivity index (χ1n) is 10.8. The third kappa shape index (κ3) is 4.05. The highest BCUT2D eigenvalue weighted by Crippen LogP contribution is 2.35. The fourth-order valence-electron chi connectivity index (χ4n) is 3.79. The first kappa shape index (κ1) is 22.8. The van der Waals surface area contributed by atoms with Gasteiger partial charge in [0.1, 0.15) is 11.8 Å². The van der Waals surface area contributed by atoms with Gasteiger partial charge in [0.25, 0.3) is 11.8 Å². The molecule has 2 aliphatic rings. The van der Waals surface area contributed by atoms with Crippen molar-refractivity contribution in [1.82, 2.24) is 0 Å². The van der Waals surface area contributed by atoms with Gasteiger partial charge >= 0.3 is 11.9 Å². The highest BCUT2D eigenvalue weighted by Gasteiger charge is 2.55. The Morgan fingerprint density at radius 1 is 0.706 bits per heavy atom. The van der Waals surface area contributed by atoms with Crippen molar-refractivity contribution in [2.24, 2.45) is 22.0 Å². The van der Waals surface area contributed by atoms with E-state index in [1.807, 2.05) is 0 Å². The average Bonchev–Trinajstić information content (AvgIpc) is 3.37. The molecule has 0 radical (unpaired) electrons. The minimum atomic E-state index is -1.41. The van der Waals surface area contributed by atoms with E-state index in [-0.39, 0.29) is 24.6 Å². The van der Waals surface area contributed by atoms with E-state index >= 15 is 0 Å². The Hall–Kier alpha value is -4.34. The van der Waals surface area contributed by atoms with Crippen LogP contribution in [-0.2, 0) is 28.7 Å². The van der Waals surface area contributed by atoms with Crippen molar-refractivity contribution in [3.63, 3.8) is 0 Å². The minimum absolute atomic E-state index is 0.0394. The second kappa shape index (κ2) is 9.65. The van der Waals surface area contributed by atoms with Crippen LogP contribution in [0.3, 0.4) is 0 Å². The van der Waals surface area contributed by atoms with Crippen LogP contribution in [0.4, 0.5) is 11.4 Å². The first-order valence-corrected chi connectivity index (χ1v) is 10.8. The number of hydrogen-bond donors (Lipinski definition) is 0. The monoisotopic (exact) mass is 462 g/mol. The van der Waals surface area contributed by atoms with Gasteiger partial charge in [0.2, 0.25) is 0 Å². The summed E-state index contributed by atoms with van der Waals surface area (Å²) in [6.45, 7) is 3.31. The van der Waals surface area contributed by atoms with Gasteiger partial charge in [0, 0.05) is 0 Å². The van der Waals surface area contributed by atoms with Gasteiger partial charge < -0.3 is 9.47 Å². The Morgan fingerprint density at radius 2 is 1.06 bits per heavy atom. The fourth-order valence-corrected chi connectivity index (χ4v) is 3.79. The standard InChI is InChI=1S/C24H22N4O6/c1-3-33-23(31)19-17(21(29)27(25-19)15-11-7-5-8-12-15)18-20(24(32)34-4-2)26-28(22(18)30)16-13-9-6-10-14-16/h5-14,17-18H,3-4H2,1-2H3/t17-,18-/m1/s1. The predicted molar refractivity (Wildman–Crippen MR) is 123 cm³/mol. The molecule has 2 amide bonds. The number of para-hydroxylation sites is 2. The Labute approximate surface area is 195 Å². The van der Waals surface area contributed by atoms with E-state index < -0.39 is 35.6 Å². The zero-order valence-corrected chi connectivity index (χ0v) is 18.6. The third-order valence-corrected chi connectivity index (χ3v) is 5.26. The number of nitrogens with zero attached hydrogens (tertiary/aromatic N) is 4. The maximum absolute atomic E-state index is 13.6. The third-order valence-electron chi connectivity index (χ3n) is 5.26. The highest BCUT2D eigenvalue weighted by molar-refractivity contribution is 6.50. The summed E-state index contributed by atoms with van der Waals surface area (Å²) in [7, 11) is 0. The van der Waals surface area contributed by atoms with Crippen LogP contribution < -0.4 is 10.0 Å². The zero-order valence-electron chi connectivity index (χ0n) is 18.6. The Morgan fingerprint density at radius 3 is 1.38 bits per heavy atom. The van der Waals surface area contributed by atoms with E-state index in [0.717, 1.165) is 10.0 Å². The molecule has 0 spiro atoms. The van der Waals surface area contributed by atoms with Crippen molar-refractivity contribution in [2.75, 3.05) is 23.2 Å². The number of ether oxygens (including phenoxy) is 2. The molecule has 2 aliphatic heterocycles. The number of carbonyl (C=O) groups excluding carboxylic acids is 4. The molecule has 2 atom stereocenters. The average molecular weight is 462 g/mol. The molecule has 2 heterocycles. The maximum atomic E-state index is 13.6. The van der Waals surface area contributed by atoms with Crippen LogP contribution in [0.1, 0.15) is 13.8 Å². The van der Waals surface area contributed by atoms with E-state index in [4.69, 9.17) is 9.47 Å². The van der Waals surface area contributed by atoms with Gasteiger partial charge in [-0.25, -0.2) is 9.59 Å². The number of rotatable bonds is 7. The topological polar surface area (TPSA) is 118 Å². The van der Waals surface area contributed by atoms with Gasteiger partial charge in [-0.15, -0.1) is 0 Å². The summed E-state index contributed by atoms with van der Waals surface area (Å²) in [6, 6.07) is 16.9. The molecule has 0 bridgehead atoms. The van der Waals surface area contributed by atoms with E-state index in [1.165, 1.54) is 0 Å². The lowest BCUT2D eigenvalue weighted by atomic mass is 9.83. The zero-order chi connectivity index (χ0) is 24.2. The van der Waals surface area contributed by atoms with Gasteiger partial charge in [-0.1, -0.05) is 36.4 Å². The van der Waals surface area contributed by atoms with Crippen LogP contribution in [0.15, 0.2) is 70.9 Å². The molecule has 2 aromatic rings. The summed E-state index contributed by atoms with van der Waals surface area (Å²) in [5, 5.41) is 10.5. The van der Waals surface area contributed by atoms with Gasteiger partial charge in [-0.3, -0.25) is 9.59 Å². The van der Waals surface area contributed by atoms with Crippen molar-refractivity contribution in [2.45, 2.75) is 13.8 Å². The molecule has 0 aromatic heterocycles. The lowest BCUT2D eigenvalue weighted by molar-refractivity contribution is -0.137. The van der Waals surface area contributed by atoms with Crippen LogP contribution in [-0.4, -0.2) is 48.4 Å². The molecule has 34 heavy (non-hydrogen) atoms. The number of hydrazone groups is 2. The lowest BCUT2D eigenvalue weighted by Gasteiger charge is -2.20. The molecule has 0 N–H and O–H groups in total. The minimum Gasteiger partial charge on any atom is -0.461 e. The van der Waals surface area contributed by atoms with Crippen molar-refractivity contribution in [3.05, 3.63) is 60.7 Å². The van der Waals surface area contributed by atoms with Gasteiger partial charge in [0.05, 0.1) is 24.6 Å². The van der Waals surface area contributed by atoms with Crippen molar-refractivity contribution >= 4 is 46.6 Å². The SMILES string of the molecule is CCOC(=O)C1=NN(c2ccccc2)C(=O)[C@@H]1[C@H]1C(=O)N(c2ccccc2)N=C1C(=O)OCC. The number of benzene rings is 2.